The van der Waals surface area contributed by atoms with Gasteiger partial charge in [-0.1, -0.05) is 18.2 Å². The molecule has 6 nitrogen and oxygen atoms in total. The number of amides is 2. The Hall–Kier alpha value is -1.89. The molecular weight excluding hydrogens is 246 g/mol. The van der Waals surface area contributed by atoms with Crippen LogP contribution in [0.5, 0.6) is 5.75 Å². The summed E-state index contributed by atoms with van der Waals surface area (Å²) in [7, 11) is -3.85. The average Bonchev–Trinajstić information content (AvgIpc) is 2.54. The number of imide groups is 1. The van der Waals surface area contributed by atoms with Crippen LogP contribution in [0.2, 0.25) is 0 Å². The second-order valence-corrected chi connectivity index (χ2v) is 5.34. The van der Waals surface area contributed by atoms with Crippen LogP contribution in [0, 0.1) is 0 Å². The third-order valence-electron chi connectivity index (χ3n) is 2.19. The summed E-state index contributed by atoms with van der Waals surface area (Å²) < 4.78 is 27.8. The summed E-state index contributed by atoms with van der Waals surface area (Å²) in [6, 6.07) is 7.96. The van der Waals surface area contributed by atoms with Gasteiger partial charge in [-0.2, -0.15) is 0 Å². The summed E-state index contributed by atoms with van der Waals surface area (Å²) in [5.41, 5.74) is 0. The summed E-state index contributed by atoms with van der Waals surface area (Å²) >= 11 is 0. The van der Waals surface area contributed by atoms with Gasteiger partial charge in [0.15, 0.2) is 0 Å². The van der Waals surface area contributed by atoms with Gasteiger partial charge in [-0.15, -0.1) is 4.31 Å². The van der Waals surface area contributed by atoms with Gasteiger partial charge in [0.25, 0.3) is 0 Å². The average molecular weight is 255 g/mol. The van der Waals surface area contributed by atoms with Crippen molar-refractivity contribution in [1.82, 2.24) is 4.31 Å². The topological polar surface area (TPSA) is 80.8 Å². The van der Waals surface area contributed by atoms with Gasteiger partial charge in [0.1, 0.15) is 5.75 Å². The smallest absolute Gasteiger partial charge is 0.409 e. The number of benzene rings is 1. The number of ether oxygens (including phenoxy) is 1. The molecule has 1 heterocycles. The Kier molecular flexibility index (Phi) is 2.84. The molecule has 2 amide bonds. The second kappa shape index (κ2) is 4.17. The Morgan fingerprint density at radius 2 is 1.88 bits per heavy atom. The molecule has 0 aromatic heterocycles. The number of carbonyl (C=O) groups excluding carboxylic acids is 2. The van der Waals surface area contributed by atoms with E-state index in [1.807, 2.05) is 0 Å². The summed E-state index contributed by atoms with van der Waals surface area (Å²) in [5, 5.41) is 0. The number of sulfonamides is 1. The molecule has 0 radical (unpaired) electrons. The zero-order valence-electron chi connectivity index (χ0n) is 8.70. The maximum atomic E-state index is 11.5. The van der Waals surface area contributed by atoms with Crippen molar-refractivity contribution in [2.75, 3.05) is 5.75 Å². The number of rotatable bonds is 1. The van der Waals surface area contributed by atoms with E-state index in [0.29, 0.717) is 0 Å². The van der Waals surface area contributed by atoms with E-state index in [1.165, 1.54) is 12.1 Å². The Balaban J connectivity index is 2.19. The quantitative estimate of drug-likeness (QED) is 0.739. The lowest BCUT2D eigenvalue weighted by Crippen LogP contribution is -2.37. The third-order valence-corrected chi connectivity index (χ3v) is 3.82. The molecule has 7 heteroatoms. The minimum absolute atomic E-state index is 0.181. The number of hydrogen-bond donors (Lipinski definition) is 0. The van der Waals surface area contributed by atoms with Gasteiger partial charge in [-0.3, -0.25) is 4.79 Å². The van der Waals surface area contributed by atoms with E-state index in [2.05, 4.69) is 0 Å². The Morgan fingerprint density at radius 3 is 2.41 bits per heavy atom. The van der Waals surface area contributed by atoms with Crippen LogP contribution < -0.4 is 4.74 Å². The monoisotopic (exact) mass is 255 g/mol. The molecule has 0 saturated carbocycles. The van der Waals surface area contributed by atoms with E-state index in [-0.39, 0.29) is 22.2 Å². The van der Waals surface area contributed by atoms with Gasteiger partial charge in [0.05, 0.1) is 5.75 Å². The fourth-order valence-corrected chi connectivity index (χ4v) is 2.69. The zero-order chi connectivity index (χ0) is 12.5. The molecule has 0 bridgehead atoms. The van der Waals surface area contributed by atoms with Gasteiger partial charge >= 0.3 is 6.09 Å². The molecule has 1 aromatic carbocycles. The highest BCUT2D eigenvalue weighted by Crippen LogP contribution is 2.18. The highest BCUT2D eigenvalue weighted by Gasteiger charge is 2.41. The van der Waals surface area contributed by atoms with Gasteiger partial charge < -0.3 is 4.74 Å². The molecule has 0 aliphatic carbocycles. The molecule has 2 rings (SSSR count). The minimum Gasteiger partial charge on any atom is -0.409 e. The van der Waals surface area contributed by atoms with Crippen molar-refractivity contribution in [3.05, 3.63) is 30.3 Å². The van der Waals surface area contributed by atoms with E-state index >= 15 is 0 Å². The third kappa shape index (κ3) is 2.28. The summed E-state index contributed by atoms with van der Waals surface area (Å²) in [5.74, 6) is -0.922. The van der Waals surface area contributed by atoms with Crippen molar-refractivity contribution in [3.63, 3.8) is 0 Å². The van der Waals surface area contributed by atoms with E-state index < -0.39 is 22.0 Å². The van der Waals surface area contributed by atoms with Gasteiger partial charge in [-0.05, 0) is 12.1 Å². The largest absolute Gasteiger partial charge is 0.436 e. The highest BCUT2D eigenvalue weighted by molar-refractivity contribution is 7.90. The molecular formula is C10H9NO5S. The molecule has 1 aliphatic rings. The summed E-state index contributed by atoms with van der Waals surface area (Å²) in [6.07, 6.45) is -1.37. The number of para-hydroxylation sites is 1. The Labute approximate surface area is 97.8 Å². The molecule has 1 fully saturated rings. The lowest BCUT2D eigenvalue weighted by atomic mass is 10.3. The highest BCUT2D eigenvalue weighted by atomic mass is 32.2. The summed E-state index contributed by atoms with van der Waals surface area (Å²) in [6.45, 7) is 0. The minimum atomic E-state index is -3.85. The maximum Gasteiger partial charge on any atom is 0.436 e. The predicted molar refractivity (Wildman–Crippen MR) is 57.7 cm³/mol. The second-order valence-electron chi connectivity index (χ2n) is 3.41. The van der Waals surface area contributed by atoms with Crippen molar-refractivity contribution in [3.8, 4) is 5.75 Å². The SMILES string of the molecule is O=C1CCS(=O)(=O)N1C(=O)Oc1ccccc1. The molecule has 1 aliphatic heterocycles. The van der Waals surface area contributed by atoms with Crippen molar-refractivity contribution in [1.29, 1.82) is 0 Å². The fourth-order valence-electron chi connectivity index (χ4n) is 1.41. The Morgan fingerprint density at radius 1 is 1.24 bits per heavy atom. The molecule has 1 aromatic rings. The Bertz CT molecular complexity index is 551. The van der Waals surface area contributed by atoms with Gasteiger partial charge in [-0.25, -0.2) is 13.2 Å². The van der Waals surface area contributed by atoms with Gasteiger partial charge in [0, 0.05) is 6.42 Å². The predicted octanol–water partition coefficient (Wildman–Crippen LogP) is 0.748. The van der Waals surface area contributed by atoms with Crippen molar-refractivity contribution in [2.45, 2.75) is 6.42 Å². The van der Waals surface area contributed by atoms with Crippen LogP contribution in [0.25, 0.3) is 0 Å². The van der Waals surface area contributed by atoms with E-state index in [1.54, 1.807) is 18.2 Å². The molecule has 1 saturated heterocycles. The van der Waals surface area contributed by atoms with Crippen LogP contribution in [0.3, 0.4) is 0 Å². The molecule has 90 valence electrons. The van der Waals surface area contributed by atoms with Crippen LogP contribution in [-0.2, 0) is 14.8 Å². The zero-order valence-corrected chi connectivity index (χ0v) is 9.51. The first-order chi connectivity index (χ1) is 8.00. The molecule has 17 heavy (non-hydrogen) atoms. The molecule has 0 spiro atoms. The van der Waals surface area contributed by atoms with Crippen LogP contribution >= 0.6 is 0 Å². The maximum absolute atomic E-state index is 11.5. The fraction of sp³-hybridized carbons (Fsp3) is 0.200. The van der Waals surface area contributed by atoms with E-state index in [0.717, 1.165) is 0 Å². The van der Waals surface area contributed by atoms with Gasteiger partial charge in [0.2, 0.25) is 15.9 Å². The lowest BCUT2D eigenvalue weighted by molar-refractivity contribution is -0.123. The number of carbonyl (C=O) groups is 2. The lowest BCUT2D eigenvalue weighted by Gasteiger charge is -2.12. The first-order valence-electron chi connectivity index (χ1n) is 4.83. The van der Waals surface area contributed by atoms with E-state index in [4.69, 9.17) is 4.74 Å². The number of nitrogens with zero attached hydrogens (tertiary/aromatic N) is 1. The van der Waals surface area contributed by atoms with Crippen LogP contribution in [0.4, 0.5) is 4.79 Å². The standard InChI is InChI=1S/C10H9NO5S/c12-9-6-7-17(14,15)11(9)10(13)16-8-4-2-1-3-5-8/h1-5H,6-7H2. The van der Waals surface area contributed by atoms with Crippen molar-refractivity contribution < 1.29 is 22.7 Å². The molecule has 0 N–H and O–H groups in total. The summed E-state index contributed by atoms with van der Waals surface area (Å²) in [4.78, 5) is 22.8. The van der Waals surface area contributed by atoms with Crippen molar-refractivity contribution >= 4 is 22.0 Å². The normalized spacial score (nSPS) is 18.1. The van der Waals surface area contributed by atoms with E-state index in [9.17, 15) is 18.0 Å². The molecule has 0 atom stereocenters. The van der Waals surface area contributed by atoms with Crippen LogP contribution in [-0.4, -0.2) is 30.5 Å². The van der Waals surface area contributed by atoms with Crippen LogP contribution in [0.15, 0.2) is 30.3 Å². The first kappa shape index (κ1) is 11.6. The van der Waals surface area contributed by atoms with Crippen LogP contribution in [0.1, 0.15) is 6.42 Å². The number of hydrogen-bond acceptors (Lipinski definition) is 5. The van der Waals surface area contributed by atoms with Crippen molar-refractivity contribution in [2.24, 2.45) is 0 Å². The first-order valence-corrected chi connectivity index (χ1v) is 6.44. The molecule has 0 unspecified atom stereocenters.